The van der Waals surface area contributed by atoms with Crippen molar-refractivity contribution in [1.82, 2.24) is 10.1 Å². The van der Waals surface area contributed by atoms with Crippen molar-refractivity contribution in [2.24, 2.45) is 5.73 Å². The van der Waals surface area contributed by atoms with Gasteiger partial charge in [-0.05, 0) is 12.8 Å². The second-order valence-electron chi connectivity index (χ2n) is 4.21. The molecule has 116 valence electrons. The van der Waals surface area contributed by atoms with Crippen LogP contribution in [0.3, 0.4) is 0 Å². The Morgan fingerprint density at radius 3 is 2.75 bits per heavy atom. The first kappa shape index (κ1) is 16.9. The first-order valence-corrected chi connectivity index (χ1v) is 6.14. The van der Waals surface area contributed by atoms with Crippen molar-refractivity contribution in [1.29, 1.82) is 0 Å². The Kier molecular flexibility index (Phi) is 6.89. The first-order chi connectivity index (χ1) is 9.42. The van der Waals surface area contributed by atoms with Gasteiger partial charge >= 0.3 is 6.18 Å². The molecule has 1 rings (SSSR count). The summed E-state index contributed by atoms with van der Waals surface area (Å²) < 4.78 is 49.8. The Bertz CT molecular complexity index is 384. The molecule has 1 unspecified atom stereocenters. The van der Waals surface area contributed by atoms with E-state index < -0.39 is 18.8 Å². The second kappa shape index (κ2) is 8.18. The maximum Gasteiger partial charge on any atom is 0.411 e. The van der Waals surface area contributed by atoms with Crippen LogP contribution in [0.4, 0.5) is 13.2 Å². The SMILES string of the molecule is COCCCC(N)c1nc(CCOCC(F)(F)F)no1. The largest absolute Gasteiger partial charge is 0.411 e. The summed E-state index contributed by atoms with van der Waals surface area (Å²) in [6.45, 7) is -0.828. The third-order valence-corrected chi connectivity index (χ3v) is 2.40. The molecule has 0 radical (unpaired) electrons. The fourth-order valence-corrected chi connectivity index (χ4v) is 1.44. The molecule has 9 heteroatoms. The third-order valence-electron chi connectivity index (χ3n) is 2.40. The van der Waals surface area contributed by atoms with Crippen LogP contribution in [0.15, 0.2) is 4.52 Å². The van der Waals surface area contributed by atoms with E-state index in [-0.39, 0.29) is 24.7 Å². The van der Waals surface area contributed by atoms with Crippen LogP contribution in [0.1, 0.15) is 30.6 Å². The molecule has 2 N–H and O–H groups in total. The van der Waals surface area contributed by atoms with Crippen LogP contribution in [-0.4, -0.2) is 43.2 Å². The normalized spacial score (nSPS) is 13.7. The summed E-state index contributed by atoms with van der Waals surface area (Å²) in [4.78, 5) is 4.02. The lowest BCUT2D eigenvalue weighted by Crippen LogP contribution is -2.18. The van der Waals surface area contributed by atoms with Crippen molar-refractivity contribution in [3.05, 3.63) is 11.7 Å². The van der Waals surface area contributed by atoms with Crippen LogP contribution >= 0.6 is 0 Å². The average molecular weight is 297 g/mol. The fraction of sp³-hybridized carbons (Fsp3) is 0.818. The van der Waals surface area contributed by atoms with E-state index in [1.54, 1.807) is 7.11 Å². The number of hydrogen-bond donors (Lipinski definition) is 1. The van der Waals surface area contributed by atoms with Crippen molar-refractivity contribution >= 4 is 0 Å². The molecule has 0 saturated heterocycles. The van der Waals surface area contributed by atoms with Gasteiger partial charge < -0.3 is 19.7 Å². The number of nitrogens with zero attached hydrogens (tertiary/aromatic N) is 2. The quantitative estimate of drug-likeness (QED) is 0.697. The molecular weight excluding hydrogens is 279 g/mol. The zero-order chi connectivity index (χ0) is 15.0. The van der Waals surface area contributed by atoms with Gasteiger partial charge in [-0.25, -0.2) is 0 Å². The lowest BCUT2D eigenvalue weighted by Gasteiger charge is -2.06. The molecule has 1 aromatic rings. The summed E-state index contributed by atoms with van der Waals surface area (Å²) in [5.74, 6) is 0.552. The molecule has 0 spiro atoms. The molecule has 0 aliphatic heterocycles. The highest BCUT2D eigenvalue weighted by atomic mass is 19.4. The van der Waals surface area contributed by atoms with Gasteiger partial charge in [-0.1, -0.05) is 5.16 Å². The predicted molar refractivity (Wildman–Crippen MR) is 62.9 cm³/mol. The third kappa shape index (κ3) is 6.83. The second-order valence-corrected chi connectivity index (χ2v) is 4.21. The lowest BCUT2D eigenvalue weighted by molar-refractivity contribution is -0.173. The first-order valence-electron chi connectivity index (χ1n) is 6.14. The summed E-state index contributed by atoms with van der Waals surface area (Å²) in [7, 11) is 1.59. The van der Waals surface area contributed by atoms with Crippen LogP contribution < -0.4 is 5.73 Å². The van der Waals surface area contributed by atoms with Gasteiger partial charge in [0.25, 0.3) is 0 Å². The van der Waals surface area contributed by atoms with E-state index in [0.29, 0.717) is 13.0 Å². The minimum Gasteiger partial charge on any atom is -0.385 e. The Morgan fingerprint density at radius 2 is 2.10 bits per heavy atom. The number of ether oxygens (including phenoxy) is 2. The van der Waals surface area contributed by atoms with Gasteiger partial charge in [0.15, 0.2) is 5.82 Å². The molecule has 1 atom stereocenters. The molecule has 0 aliphatic rings. The standard InChI is InChI=1S/C11H18F3N3O3/c1-18-5-2-3-8(15)10-16-9(17-20-10)4-6-19-7-11(12,13)14/h8H,2-7,15H2,1H3. The monoisotopic (exact) mass is 297 g/mol. The molecular formula is C11H18F3N3O3. The van der Waals surface area contributed by atoms with E-state index in [4.69, 9.17) is 15.0 Å². The molecule has 0 amide bonds. The highest BCUT2D eigenvalue weighted by Gasteiger charge is 2.27. The Balaban J connectivity index is 2.28. The van der Waals surface area contributed by atoms with Gasteiger partial charge in [0.1, 0.15) is 6.61 Å². The predicted octanol–water partition coefficient (Wildman–Crippen LogP) is 1.62. The smallest absolute Gasteiger partial charge is 0.385 e. The molecule has 0 fully saturated rings. The van der Waals surface area contributed by atoms with Gasteiger partial charge in [-0.15, -0.1) is 0 Å². The minimum absolute atomic E-state index is 0.128. The zero-order valence-corrected chi connectivity index (χ0v) is 11.2. The Labute approximate surface area is 114 Å². The molecule has 0 aliphatic carbocycles. The van der Waals surface area contributed by atoms with Gasteiger partial charge in [0.2, 0.25) is 5.89 Å². The van der Waals surface area contributed by atoms with Crippen LogP contribution in [0.2, 0.25) is 0 Å². The zero-order valence-electron chi connectivity index (χ0n) is 11.2. The molecule has 20 heavy (non-hydrogen) atoms. The highest BCUT2D eigenvalue weighted by molar-refractivity contribution is 4.91. The number of rotatable bonds is 9. The Hall–Kier alpha value is -1.19. The number of methoxy groups -OCH3 is 1. The summed E-state index contributed by atoms with van der Waals surface area (Å²) in [6, 6.07) is -0.400. The van der Waals surface area contributed by atoms with Crippen molar-refractivity contribution in [3.8, 4) is 0 Å². The lowest BCUT2D eigenvalue weighted by atomic mass is 10.2. The molecule has 1 aromatic heterocycles. The van der Waals surface area contributed by atoms with Crippen molar-refractivity contribution < 1.29 is 27.2 Å². The number of hydrogen-bond acceptors (Lipinski definition) is 6. The van der Waals surface area contributed by atoms with Gasteiger partial charge in [0, 0.05) is 20.1 Å². The molecule has 0 aromatic carbocycles. The molecule has 0 saturated carbocycles. The number of aromatic nitrogens is 2. The van der Waals surface area contributed by atoms with E-state index in [2.05, 4.69) is 14.9 Å². The van der Waals surface area contributed by atoms with Crippen molar-refractivity contribution in [3.63, 3.8) is 0 Å². The van der Waals surface area contributed by atoms with E-state index in [1.807, 2.05) is 0 Å². The van der Waals surface area contributed by atoms with E-state index >= 15 is 0 Å². The van der Waals surface area contributed by atoms with E-state index in [9.17, 15) is 13.2 Å². The maximum absolute atomic E-state index is 11.8. The van der Waals surface area contributed by atoms with Gasteiger partial charge in [-0.3, -0.25) is 0 Å². The molecule has 1 heterocycles. The van der Waals surface area contributed by atoms with Crippen molar-refractivity contribution in [2.75, 3.05) is 26.9 Å². The molecule has 0 bridgehead atoms. The van der Waals surface area contributed by atoms with Crippen LogP contribution in [0, 0.1) is 0 Å². The minimum atomic E-state index is -4.33. The Morgan fingerprint density at radius 1 is 1.35 bits per heavy atom. The topological polar surface area (TPSA) is 83.4 Å². The van der Waals surface area contributed by atoms with Crippen LogP contribution in [0.5, 0.6) is 0 Å². The average Bonchev–Trinajstić information content (AvgIpc) is 2.82. The van der Waals surface area contributed by atoms with Crippen molar-refractivity contribution in [2.45, 2.75) is 31.5 Å². The van der Waals surface area contributed by atoms with Gasteiger partial charge in [0.05, 0.1) is 12.6 Å². The van der Waals surface area contributed by atoms with Crippen LogP contribution in [-0.2, 0) is 15.9 Å². The highest BCUT2D eigenvalue weighted by Crippen LogP contribution is 2.15. The van der Waals surface area contributed by atoms with E-state index in [1.165, 1.54) is 0 Å². The number of halogens is 3. The maximum atomic E-state index is 11.8. The summed E-state index contributed by atoms with van der Waals surface area (Å²) in [6.07, 6.45) is -2.80. The van der Waals surface area contributed by atoms with Crippen LogP contribution in [0.25, 0.3) is 0 Å². The fourth-order valence-electron chi connectivity index (χ4n) is 1.44. The number of alkyl halides is 3. The van der Waals surface area contributed by atoms with E-state index in [0.717, 1.165) is 6.42 Å². The van der Waals surface area contributed by atoms with Gasteiger partial charge in [-0.2, -0.15) is 18.2 Å². The molecule has 6 nitrogen and oxygen atoms in total. The summed E-state index contributed by atoms with van der Waals surface area (Å²) in [5, 5.41) is 3.64. The number of nitrogens with two attached hydrogens (primary N) is 1. The summed E-state index contributed by atoms with van der Waals surface area (Å²) in [5.41, 5.74) is 5.83. The summed E-state index contributed by atoms with van der Waals surface area (Å²) >= 11 is 0.